The lowest BCUT2D eigenvalue weighted by Crippen LogP contribution is -2.42. The molecule has 1 aliphatic heterocycles. The molecular weight excluding hydrogens is 384 g/mol. The molecule has 0 spiro atoms. The molecule has 0 aliphatic carbocycles. The molecular formula is C23H26N2O5. The number of imide groups is 1. The first-order valence-corrected chi connectivity index (χ1v) is 9.88. The summed E-state index contributed by atoms with van der Waals surface area (Å²) in [5.74, 6) is 0.114. The van der Waals surface area contributed by atoms with Gasteiger partial charge in [0.1, 0.15) is 23.6 Å². The van der Waals surface area contributed by atoms with Gasteiger partial charge in [0.15, 0.2) is 0 Å². The summed E-state index contributed by atoms with van der Waals surface area (Å²) >= 11 is 0. The number of carbonyl (C=O) groups is 3. The zero-order valence-corrected chi connectivity index (χ0v) is 17.6. The van der Waals surface area contributed by atoms with Gasteiger partial charge in [-0.3, -0.25) is 9.69 Å². The molecule has 2 aromatic rings. The Hall–Kier alpha value is -3.35. The minimum absolute atomic E-state index is 0.212. The molecule has 2 unspecified atom stereocenters. The number of nitrogens with zero attached hydrogens (tertiary/aromatic N) is 1. The van der Waals surface area contributed by atoms with Crippen LogP contribution in [0.25, 0.3) is 0 Å². The van der Waals surface area contributed by atoms with Crippen molar-refractivity contribution in [2.45, 2.75) is 38.6 Å². The van der Waals surface area contributed by atoms with E-state index >= 15 is 0 Å². The molecule has 3 amide bonds. The lowest BCUT2D eigenvalue weighted by Gasteiger charge is -2.22. The third-order valence-electron chi connectivity index (χ3n) is 5.52. The quantitative estimate of drug-likeness (QED) is 0.428. The fraction of sp³-hybridized carbons (Fsp3) is 0.348. The van der Waals surface area contributed by atoms with E-state index < -0.39 is 30.0 Å². The smallest absolute Gasteiger partial charge is 0.331 e. The Morgan fingerprint density at radius 3 is 2.43 bits per heavy atom. The predicted octanol–water partition coefficient (Wildman–Crippen LogP) is 3.58. The van der Waals surface area contributed by atoms with Gasteiger partial charge in [-0.2, -0.15) is 0 Å². The topological polar surface area (TPSA) is 84.9 Å². The van der Waals surface area contributed by atoms with Gasteiger partial charge in [-0.1, -0.05) is 44.2 Å². The lowest BCUT2D eigenvalue weighted by molar-refractivity contribution is -0.141. The van der Waals surface area contributed by atoms with Crippen molar-refractivity contribution < 1.29 is 23.9 Å². The highest BCUT2D eigenvalue weighted by atomic mass is 16.5. The zero-order chi connectivity index (χ0) is 21.9. The largest absolute Gasteiger partial charge is 0.497 e. The van der Waals surface area contributed by atoms with Crippen LogP contribution in [0.1, 0.15) is 44.2 Å². The maximum atomic E-state index is 13.0. The first kappa shape index (κ1) is 21.4. The Kier molecular flexibility index (Phi) is 6.10. The van der Waals surface area contributed by atoms with Crippen LogP contribution >= 0.6 is 0 Å². The zero-order valence-electron chi connectivity index (χ0n) is 17.6. The van der Waals surface area contributed by atoms with Gasteiger partial charge < -0.3 is 14.8 Å². The summed E-state index contributed by atoms with van der Waals surface area (Å²) in [6, 6.07) is 13.5. The molecule has 158 valence electrons. The number of carbonyl (C=O) groups excluding carboxylic acids is 3. The van der Waals surface area contributed by atoms with E-state index in [-0.39, 0.29) is 5.92 Å². The highest BCUT2D eigenvalue weighted by Gasteiger charge is 2.49. The second-order valence-electron chi connectivity index (χ2n) is 7.50. The number of para-hydroxylation sites is 1. The summed E-state index contributed by atoms with van der Waals surface area (Å²) in [6.45, 7) is 5.24. The summed E-state index contributed by atoms with van der Waals surface area (Å²) in [4.78, 5) is 38.9. The van der Waals surface area contributed by atoms with Crippen molar-refractivity contribution in [1.29, 1.82) is 0 Å². The third kappa shape index (κ3) is 4.01. The van der Waals surface area contributed by atoms with E-state index in [0.29, 0.717) is 17.1 Å². The molecule has 1 saturated heterocycles. The van der Waals surface area contributed by atoms with Gasteiger partial charge in [-0.25, -0.2) is 9.59 Å². The fourth-order valence-electron chi connectivity index (χ4n) is 3.45. The molecule has 0 bridgehead atoms. The van der Waals surface area contributed by atoms with Gasteiger partial charge in [0, 0.05) is 0 Å². The Morgan fingerprint density at radius 1 is 1.13 bits per heavy atom. The van der Waals surface area contributed by atoms with Crippen LogP contribution in [0.4, 0.5) is 4.79 Å². The maximum absolute atomic E-state index is 13.0. The molecule has 2 aromatic carbocycles. The van der Waals surface area contributed by atoms with Crippen molar-refractivity contribution >= 4 is 17.9 Å². The highest BCUT2D eigenvalue weighted by Crippen LogP contribution is 2.31. The SMILES string of the molecule is CCC(C)c1ccccc1OC(=O)CN1C(=O)NC(C)(c2ccc(OC)cc2)C1=O. The van der Waals surface area contributed by atoms with Crippen molar-refractivity contribution in [2.24, 2.45) is 0 Å². The molecule has 1 heterocycles. The number of nitrogens with one attached hydrogen (secondary N) is 1. The number of rotatable bonds is 7. The summed E-state index contributed by atoms with van der Waals surface area (Å²) in [7, 11) is 1.55. The normalized spacial score (nSPS) is 19.4. The number of esters is 1. The Morgan fingerprint density at radius 2 is 1.80 bits per heavy atom. The third-order valence-corrected chi connectivity index (χ3v) is 5.52. The highest BCUT2D eigenvalue weighted by molar-refractivity contribution is 6.08. The van der Waals surface area contributed by atoms with Gasteiger partial charge in [-0.15, -0.1) is 0 Å². The van der Waals surface area contributed by atoms with E-state index in [0.717, 1.165) is 16.9 Å². The number of methoxy groups -OCH3 is 1. The average molecular weight is 410 g/mol. The molecule has 2 atom stereocenters. The van der Waals surface area contributed by atoms with Crippen LogP contribution in [0.2, 0.25) is 0 Å². The molecule has 1 aliphatic rings. The van der Waals surface area contributed by atoms with Crippen molar-refractivity contribution in [1.82, 2.24) is 10.2 Å². The van der Waals surface area contributed by atoms with Crippen LogP contribution in [-0.4, -0.2) is 36.5 Å². The van der Waals surface area contributed by atoms with Gasteiger partial charge in [0.05, 0.1) is 7.11 Å². The van der Waals surface area contributed by atoms with Gasteiger partial charge in [0.25, 0.3) is 5.91 Å². The van der Waals surface area contributed by atoms with E-state index in [1.165, 1.54) is 0 Å². The van der Waals surface area contributed by atoms with E-state index in [2.05, 4.69) is 12.2 Å². The Labute approximate surface area is 176 Å². The summed E-state index contributed by atoms with van der Waals surface area (Å²) < 4.78 is 10.6. The monoisotopic (exact) mass is 410 g/mol. The van der Waals surface area contributed by atoms with Crippen LogP contribution in [0.5, 0.6) is 11.5 Å². The first-order valence-electron chi connectivity index (χ1n) is 9.88. The molecule has 1 fully saturated rings. The maximum Gasteiger partial charge on any atom is 0.331 e. The fourth-order valence-corrected chi connectivity index (χ4v) is 3.45. The average Bonchev–Trinajstić information content (AvgIpc) is 2.97. The molecule has 1 N–H and O–H groups in total. The number of hydrogen-bond donors (Lipinski definition) is 1. The Balaban J connectivity index is 1.75. The molecule has 0 radical (unpaired) electrons. The van der Waals surface area contributed by atoms with Crippen LogP contribution in [-0.2, 0) is 15.1 Å². The number of amides is 3. The van der Waals surface area contributed by atoms with Crippen LogP contribution in [0, 0.1) is 0 Å². The molecule has 0 aromatic heterocycles. The summed E-state index contributed by atoms with van der Waals surface area (Å²) in [5, 5.41) is 2.68. The number of urea groups is 1. The molecule has 0 saturated carbocycles. The van der Waals surface area contributed by atoms with E-state index in [1.54, 1.807) is 50.4 Å². The van der Waals surface area contributed by atoms with Gasteiger partial charge in [0.2, 0.25) is 0 Å². The molecule has 3 rings (SSSR count). The first-order chi connectivity index (χ1) is 14.3. The standard InChI is InChI=1S/C23H26N2O5/c1-5-15(2)18-8-6-7-9-19(18)30-20(26)14-25-21(27)23(3,24-22(25)28)16-10-12-17(29-4)13-11-16/h6-13,15H,5,14H2,1-4H3,(H,24,28). The van der Waals surface area contributed by atoms with Gasteiger partial charge in [-0.05, 0) is 48.6 Å². The lowest BCUT2D eigenvalue weighted by atomic mass is 9.92. The van der Waals surface area contributed by atoms with Crippen molar-refractivity contribution in [3.05, 3.63) is 59.7 Å². The van der Waals surface area contributed by atoms with Crippen molar-refractivity contribution in [3.8, 4) is 11.5 Å². The second-order valence-corrected chi connectivity index (χ2v) is 7.50. The minimum atomic E-state index is -1.27. The van der Waals surface area contributed by atoms with Crippen LogP contribution in [0.3, 0.4) is 0 Å². The van der Waals surface area contributed by atoms with E-state index in [9.17, 15) is 14.4 Å². The van der Waals surface area contributed by atoms with E-state index in [4.69, 9.17) is 9.47 Å². The molecule has 7 nitrogen and oxygen atoms in total. The summed E-state index contributed by atoms with van der Waals surface area (Å²) in [6.07, 6.45) is 0.891. The van der Waals surface area contributed by atoms with Crippen molar-refractivity contribution in [3.63, 3.8) is 0 Å². The predicted molar refractivity (Wildman–Crippen MR) is 111 cm³/mol. The van der Waals surface area contributed by atoms with Crippen molar-refractivity contribution in [2.75, 3.05) is 13.7 Å². The van der Waals surface area contributed by atoms with Crippen LogP contribution in [0.15, 0.2) is 48.5 Å². The second kappa shape index (κ2) is 8.57. The number of ether oxygens (including phenoxy) is 2. The minimum Gasteiger partial charge on any atom is -0.497 e. The van der Waals surface area contributed by atoms with Crippen LogP contribution < -0.4 is 14.8 Å². The Bertz CT molecular complexity index is 956. The number of hydrogen-bond acceptors (Lipinski definition) is 5. The summed E-state index contributed by atoms with van der Waals surface area (Å²) in [5.41, 5.74) is 0.242. The molecule has 7 heteroatoms. The van der Waals surface area contributed by atoms with E-state index in [1.807, 2.05) is 19.1 Å². The molecule has 30 heavy (non-hydrogen) atoms. The van der Waals surface area contributed by atoms with Gasteiger partial charge >= 0.3 is 12.0 Å². The number of benzene rings is 2.